The molecule has 0 bridgehead atoms. The predicted octanol–water partition coefficient (Wildman–Crippen LogP) is 2.40. The Hall–Kier alpha value is -1.75. The quantitative estimate of drug-likeness (QED) is 0.860. The number of carbonyl (C=O) groups excluding carboxylic acids is 1. The van der Waals surface area contributed by atoms with E-state index in [-0.39, 0.29) is 12.2 Å². The summed E-state index contributed by atoms with van der Waals surface area (Å²) >= 11 is 6.03. The SMILES string of the molecule is CC(CC(=O)O)C(=O)c1cc(Cl)c2c(c1)OCCO2. The third-order valence-corrected chi connectivity index (χ3v) is 3.09. The Balaban J connectivity index is 2.28. The van der Waals surface area contributed by atoms with Gasteiger partial charge in [-0.05, 0) is 12.1 Å². The van der Waals surface area contributed by atoms with Crippen LogP contribution in [0.4, 0.5) is 0 Å². The fraction of sp³-hybridized carbons (Fsp3) is 0.385. The van der Waals surface area contributed by atoms with Gasteiger partial charge in [-0.25, -0.2) is 0 Å². The van der Waals surface area contributed by atoms with Crippen LogP contribution in [0.1, 0.15) is 23.7 Å². The highest BCUT2D eigenvalue weighted by Gasteiger charge is 2.23. The van der Waals surface area contributed by atoms with E-state index in [1.807, 2.05) is 0 Å². The van der Waals surface area contributed by atoms with Crippen molar-refractivity contribution in [1.82, 2.24) is 0 Å². The highest BCUT2D eigenvalue weighted by molar-refractivity contribution is 6.32. The lowest BCUT2D eigenvalue weighted by molar-refractivity contribution is -0.137. The largest absolute Gasteiger partial charge is 0.486 e. The zero-order chi connectivity index (χ0) is 14.0. The molecule has 1 aromatic rings. The molecule has 0 saturated heterocycles. The summed E-state index contributed by atoms with van der Waals surface area (Å²) in [6.45, 7) is 2.38. The molecule has 0 aromatic heterocycles. The van der Waals surface area contributed by atoms with E-state index in [2.05, 4.69) is 0 Å². The fourth-order valence-corrected chi connectivity index (χ4v) is 2.16. The van der Waals surface area contributed by atoms with Crippen LogP contribution in [0.15, 0.2) is 12.1 Å². The number of benzene rings is 1. The van der Waals surface area contributed by atoms with Gasteiger partial charge in [0.25, 0.3) is 0 Å². The Bertz CT molecular complexity index is 526. The number of ether oxygens (including phenoxy) is 2. The van der Waals surface area contributed by atoms with Crippen molar-refractivity contribution in [3.63, 3.8) is 0 Å². The van der Waals surface area contributed by atoms with Crippen LogP contribution >= 0.6 is 11.6 Å². The molecule has 0 spiro atoms. The van der Waals surface area contributed by atoms with Crippen LogP contribution in [0.5, 0.6) is 11.5 Å². The van der Waals surface area contributed by atoms with Gasteiger partial charge in [0, 0.05) is 11.5 Å². The minimum Gasteiger partial charge on any atom is -0.486 e. The maximum atomic E-state index is 12.1. The number of Topliss-reactive ketones (excluding diaryl/α,β-unsaturated/α-hetero) is 1. The highest BCUT2D eigenvalue weighted by atomic mass is 35.5. The Morgan fingerprint density at radius 3 is 2.74 bits per heavy atom. The predicted molar refractivity (Wildman–Crippen MR) is 68.2 cm³/mol. The molecule has 1 aromatic carbocycles. The van der Waals surface area contributed by atoms with Crippen LogP contribution < -0.4 is 9.47 Å². The van der Waals surface area contributed by atoms with Crippen LogP contribution in [0, 0.1) is 5.92 Å². The van der Waals surface area contributed by atoms with Gasteiger partial charge in [0.1, 0.15) is 13.2 Å². The number of rotatable bonds is 4. The van der Waals surface area contributed by atoms with Gasteiger partial charge in [-0.2, -0.15) is 0 Å². The van der Waals surface area contributed by atoms with Crippen LogP contribution in [-0.2, 0) is 4.79 Å². The van der Waals surface area contributed by atoms with Crippen molar-refractivity contribution in [2.75, 3.05) is 13.2 Å². The molecule has 1 N–H and O–H groups in total. The first-order valence-corrected chi connectivity index (χ1v) is 6.22. The summed E-state index contributed by atoms with van der Waals surface area (Å²) in [7, 11) is 0. The van der Waals surface area contributed by atoms with Crippen LogP contribution in [0.3, 0.4) is 0 Å². The van der Waals surface area contributed by atoms with Gasteiger partial charge in [0.15, 0.2) is 17.3 Å². The molecular formula is C13H13ClO5. The topological polar surface area (TPSA) is 72.8 Å². The summed E-state index contributed by atoms with van der Waals surface area (Å²) in [5.41, 5.74) is 0.336. The summed E-state index contributed by atoms with van der Waals surface area (Å²) in [6.07, 6.45) is -0.217. The summed E-state index contributed by atoms with van der Waals surface area (Å²) < 4.78 is 10.7. The van der Waals surface area contributed by atoms with E-state index in [1.54, 1.807) is 13.0 Å². The van der Waals surface area contributed by atoms with E-state index >= 15 is 0 Å². The summed E-state index contributed by atoms with van der Waals surface area (Å²) in [6, 6.07) is 3.02. The number of halogens is 1. The van der Waals surface area contributed by atoms with Crippen molar-refractivity contribution in [3.05, 3.63) is 22.7 Å². The molecule has 6 heteroatoms. The number of hydrogen-bond donors (Lipinski definition) is 1. The number of carbonyl (C=O) groups is 2. The van der Waals surface area contributed by atoms with E-state index in [4.69, 9.17) is 26.2 Å². The molecule has 0 fully saturated rings. The van der Waals surface area contributed by atoms with Crippen LogP contribution in [0.25, 0.3) is 0 Å². The van der Waals surface area contributed by atoms with Crippen molar-refractivity contribution >= 4 is 23.4 Å². The lowest BCUT2D eigenvalue weighted by Gasteiger charge is -2.20. The Kier molecular flexibility index (Phi) is 3.95. The number of ketones is 1. The molecule has 102 valence electrons. The van der Waals surface area contributed by atoms with Crippen LogP contribution in [-0.4, -0.2) is 30.1 Å². The van der Waals surface area contributed by atoms with Gasteiger partial charge in [-0.15, -0.1) is 0 Å². The Labute approximate surface area is 115 Å². The average Bonchev–Trinajstić information content (AvgIpc) is 2.37. The van der Waals surface area contributed by atoms with E-state index in [0.29, 0.717) is 35.3 Å². The van der Waals surface area contributed by atoms with Gasteiger partial charge < -0.3 is 14.6 Å². The molecule has 5 nitrogen and oxygen atoms in total. The van der Waals surface area contributed by atoms with E-state index in [9.17, 15) is 9.59 Å². The first kappa shape index (κ1) is 13.7. The molecule has 0 amide bonds. The number of carboxylic acids is 1. The van der Waals surface area contributed by atoms with Gasteiger partial charge in [0.2, 0.25) is 0 Å². The molecule has 0 aliphatic carbocycles. The third-order valence-electron chi connectivity index (χ3n) is 2.81. The summed E-state index contributed by atoms with van der Waals surface area (Å²) in [4.78, 5) is 22.7. The maximum Gasteiger partial charge on any atom is 0.304 e. The normalized spacial score (nSPS) is 14.8. The molecule has 19 heavy (non-hydrogen) atoms. The lowest BCUT2D eigenvalue weighted by Crippen LogP contribution is -2.18. The van der Waals surface area contributed by atoms with Crippen molar-refractivity contribution in [1.29, 1.82) is 0 Å². The zero-order valence-electron chi connectivity index (χ0n) is 10.3. The molecule has 1 atom stereocenters. The van der Waals surface area contributed by atoms with Gasteiger partial charge in [-0.3, -0.25) is 9.59 Å². The smallest absolute Gasteiger partial charge is 0.304 e. The van der Waals surface area contributed by atoms with Crippen molar-refractivity contribution in [2.45, 2.75) is 13.3 Å². The Morgan fingerprint density at radius 1 is 1.37 bits per heavy atom. The molecule has 1 heterocycles. The highest BCUT2D eigenvalue weighted by Crippen LogP contribution is 2.38. The number of fused-ring (bicyclic) bond motifs is 1. The van der Waals surface area contributed by atoms with E-state index in [0.717, 1.165) is 0 Å². The van der Waals surface area contributed by atoms with Gasteiger partial charge >= 0.3 is 5.97 Å². The first-order chi connectivity index (χ1) is 8.99. The van der Waals surface area contributed by atoms with Crippen molar-refractivity contribution in [2.24, 2.45) is 5.92 Å². The molecule has 1 aliphatic heterocycles. The average molecular weight is 285 g/mol. The minimum absolute atomic E-state index is 0.217. The fourth-order valence-electron chi connectivity index (χ4n) is 1.89. The molecule has 1 unspecified atom stereocenters. The maximum absolute atomic E-state index is 12.1. The second kappa shape index (κ2) is 5.48. The standard InChI is InChI=1S/C13H13ClO5/c1-7(4-11(15)16)12(17)8-5-9(14)13-10(6-8)18-2-3-19-13/h5-7H,2-4H2,1H3,(H,15,16). The monoisotopic (exact) mass is 284 g/mol. The summed E-state index contributed by atoms with van der Waals surface area (Å²) in [5, 5.41) is 9.00. The van der Waals surface area contributed by atoms with Crippen molar-refractivity contribution in [3.8, 4) is 11.5 Å². The second-order valence-corrected chi connectivity index (χ2v) is 4.75. The second-order valence-electron chi connectivity index (χ2n) is 4.35. The number of hydrogen-bond acceptors (Lipinski definition) is 4. The van der Waals surface area contributed by atoms with E-state index in [1.165, 1.54) is 6.07 Å². The van der Waals surface area contributed by atoms with Crippen LogP contribution in [0.2, 0.25) is 5.02 Å². The summed E-state index contributed by atoms with van der Waals surface area (Å²) in [5.74, 6) is -1.05. The molecule has 2 rings (SSSR count). The minimum atomic E-state index is -1.01. The van der Waals surface area contributed by atoms with Gasteiger partial charge in [-0.1, -0.05) is 18.5 Å². The van der Waals surface area contributed by atoms with E-state index < -0.39 is 11.9 Å². The van der Waals surface area contributed by atoms with Crippen molar-refractivity contribution < 1.29 is 24.2 Å². The third kappa shape index (κ3) is 2.98. The molecule has 0 saturated carbocycles. The molecular weight excluding hydrogens is 272 g/mol. The first-order valence-electron chi connectivity index (χ1n) is 5.84. The molecule has 1 aliphatic rings. The lowest BCUT2D eigenvalue weighted by atomic mass is 9.96. The number of carboxylic acid groups (broad SMARTS) is 1. The number of aliphatic carboxylic acids is 1. The van der Waals surface area contributed by atoms with Gasteiger partial charge in [0.05, 0.1) is 11.4 Å². The Morgan fingerprint density at radius 2 is 2.05 bits per heavy atom. The molecule has 0 radical (unpaired) electrons. The zero-order valence-corrected chi connectivity index (χ0v) is 11.1.